The van der Waals surface area contributed by atoms with Crippen LogP contribution in [0.3, 0.4) is 0 Å². The number of nitrogens with one attached hydrogen (secondary N) is 1. The summed E-state index contributed by atoms with van der Waals surface area (Å²) in [5.41, 5.74) is 5.98. The molecule has 0 bridgehead atoms. The topological polar surface area (TPSA) is 80.4 Å². The molecule has 1 saturated carbocycles. The third kappa shape index (κ3) is 3.71. The van der Waals surface area contributed by atoms with Crippen molar-refractivity contribution in [3.63, 3.8) is 0 Å². The maximum absolute atomic E-state index is 10.7. The molecule has 0 radical (unpaired) electrons. The molecule has 0 amide bonds. The fraction of sp³-hybridized carbons (Fsp3) is 0.294. The zero-order valence-corrected chi connectivity index (χ0v) is 12.7. The normalized spacial score (nSPS) is 19.5. The minimum Gasteiger partial charge on any atom is -0.279 e. The molecule has 1 atom stereocenters. The lowest BCUT2D eigenvalue weighted by Crippen LogP contribution is -2.19. The summed E-state index contributed by atoms with van der Waals surface area (Å²) in [5, 5.41) is 15.2. The van der Waals surface area contributed by atoms with E-state index in [0.717, 1.165) is 36.4 Å². The van der Waals surface area contributed by atoms with Gasteiger partial charge in [0.05, 0.1) is 10.6 Å². The molecule has 1 aromatic heterocycles. The van der Waals surface area contributed by atoms with Gasteiger partial charge >= 0.3 is 0 Å². The van der Waals surface area contributed by atoms with Crippen molar-refractivity contribution in [1.29, 1.82) is 0 Å². The van der Waals surface area contributed by atoms with E-state index in [2.05, 4.69) is 15.5 Å². The van der Waals surface area contributed by atoms with Gasteiger partial charge in [0, 0.05) is 35.7 Å². The van der Waals surface area contributed by atoms with Crippen molar-refractivity contribution in [3.8, 4) is 0 Å². The Bertz CT molecular complexity index is 698. The van der Waals surface area contributed by atoms with Crippen molar-refractivity contribution in [1.82, 2.24) is 4.98 Å². The third-order valence-electron chi connectivity index (χ3n) is 4.03. The van der Waals surface area contributed by atoms with Crippen molar-refractivity contribution >= 4 is 17.1 Å². The molecule has 0 spiro atoms. The number of nitro benzene ring substituents is 1. The van der Waals surface area contributed by atoms with Gasteiger partial charge in [-0.2, -0.15) is 5.10 Å². The van der Waals surface area contributed by atoms with Crippen LogP contribution < -0.4 is 5.43 Å². The molecule has 118 valence electrons. The molecule has 1 N–H and O–H groups in total. The summed E-state index contributed by atoms with van der Waals surface area (Å²) in [6.07, 6.45) is 6.12. The smallest absolute Gasteiger partial charge is 0.269 e. The highest BCUT2D eigenvalue weighted by Crippen LogP contribution is 2.29. The number of pyridine rings is 1. The van der Waals surface area contributed by atoms with Crippen molar-refractivity contribution in [2.45, 2.75) is 31.6 Å². The summed E-state index contributed by atoms with van der Waals surface area (Å²) < 4.78 is 0. The lowest BCUT2D eigenvalue weighted by Gasteiger charge is -2.23. The second-order valence-corrected chi connectivity index (χ2v) is 5.57. The predicted octanol–water partition coefficient (Wildman–Crippen LogP) is 4.12. The molecule has 23 heavy (non-hydrogen) atoms. The van der Waals surface area contributed by atoms with Crippen LogP contribution in [0.5, 0.6) is 0 Å². The minimum atomic E-state index is -0.409. The molecule has 3 rings (SSSR count). The second kappa shape index (κ2) is 7.00. The summed E-state index contributed by atoms with van der Waals surface area (Å²) in [6, 6.07) is 12.2. The van der Waals surface area contributed by atoms with Crippen LogP contribution in [0.4, 0.5) is 11.4 Å². The van der Waals surface area contributed by atoms with Gasteiger partial charge in [-0.25, -0.2) is 0 Å². The number of hydrazone groups is 1. The molecule has 1 fully saturated rings. The Morgan fingerprint density at radius 2 is 2.00 bits per heavy atom. The Balaban J connectivity index is 1.75. The molecule has 6 nitrogen and oxygen atoms in total. The number of anilines is 1. The molecule has 0 aliphatic heterocycles. The van der Waals surface area contributed by atoms with E-state index in [1.54, 1.807) is 12.1 Å². The number of benzene rings is 1. The Hall–Kier alpha value is -2.76. The van der Waals surface area contributed by atoms with Crippen molar-refractivity contribution in [2.24, 2.45) is 5.10 Å². The zero-order chi connectivity index (χ0) is 16.1. The molecular formula is C17H18N4O2. The predicted molar refractivity (Wildman–Crippen MR) is 89.6 cm³/mol. The molecular weight excluding hydrogens is 292 g/mol. The van der Waals surface area contributed by atoms with Crippen molar-refractivity contribution < 1.29 is 4.92 Å². The van der Waals surface area contributed by atoms with Gasteiger partial charge in [0.1, 0.15) is 0 Å². The Morgan fingerprint density at radius 3 is 2.70 bits per heavy atom. The van der Waals surface area contributed by atoms with Crippen LogP contribution in [-0.2, 0) is 0 Å². The van der Waals surface area contributed by atoms with E-state index in [0.29, 0.717) is 0 Å². The van der Waals surface area contributed by atoms with Gasteiger partial charge in [0.15, 0.2) is 0 Å². The summed E-state index contributed by atoms with van der Waals surface area (Å²) in [6.45, 7) is 0. The molecule has 1 aliphatic rings. The SMILES string of the molecule is O=[N+]([O-])c1ccc(N/N=C2/CCCC[C@@H]2c2ccccn2)cc1. The van der Waals surface area contributed by atoms with E-state index in [-0.39, 0.29) is 11.6 Å². The average molecular weight is 310 g/mol. The van der Waals surface area contributed by atoms with Crippen molar-refractivity contribution in [2.75, 3.05) is 5.43 Å². The quantitative estimate of drug-likeness (QED) is 0.680. The van der Waals surface area contributed by atoms with Gasteiger partial charge in [0.25, 0.3) is 5.69 Å². The van der Waals surface area contributed by atoms with Crippen LogP contribution in [0.15, 0.2) is 53.8 Å². The summed E-state index contributed by atoms with van der Waals surface area (Å²) in [7, 11) is 0. The van der Waals surface area contributed by atoms with Crippen molar-refractivity contribution in [3.05, 3.63) is 64.5 Å². The van der Waals surface area contributed by atoms with E-state index in [9.17, 15) is 10.1 Å². The van der Waals surface area contributed by atoms with E-state index < -0.39 is 4.92 Å². The van der Waals surface area contributed by atoms with Crippen LogP contribution in [0.1, 0.15) is 37.3 Å². The molecule has 1 aliphatic carbocycles. The standard InChI is InChI=1S/C17H18N4O2/c22-21(23)14-10-8-13(9-11-14)19-20-17-7-2-1-5-15(17)16-6-3-4-12-18-16/h3-4,6,8-12,15,19H,1-2,5,7H2/b20-17-/t15-/m1/s1. The highest BCUT2D eigenvalue weighted by molar-refractivity contribution is 5.91. The van der Waals surface area contributed by atoms with Crippen LogP contribution in [0, 0.1) is 10.1 Å². The summed E-state index contributed by atoms with van der Waals surface area (Å²) in [5.74, 6) is 0.246. The molecule has 1 aromatic carbocycles. The first-order valence-electron chi connectivity index (χ1n) is 7.72. The lowest BCUT2D eigenvalue weighted by molar-refractivity contribution is -0.384. The van der Waals surface area contributed by atoms with E-state index >= 15 is 0 Å². The fourth-order valence-electron chi connectivity index (χ4n) is 2.82. The van der Waals surface area contributed by atoms with Crippen LogP contribution in [0.2, 0.25) is 0 Å². The van der Waals surface area contributed by atoms with Gasteiger partial charge in [-0.1, -0.05) is 12.5 Å². The molecule has 1 heterocycles. The minimum absolute atomic E-state index is 0.0761. The van der Waals surface area contributed by atoms with Gasteiger partial charge in [-0.15, -0.1) is 0 Å². The lowest BCUT2D eigenvalue weighted by atomic mass is 9.85. The van der Waals surface area contributed by atoms with Gasteiger partial charge in [0.2, 0.25) is 0 Å². The molecule has 6 heteroatoms. The maximum atomic E-state index is 10.7. The number of aromatic nitrogens is 1. The van der Waals surface area contributed by atoms with E-state index in [1.807, 2.05) is 24.4 Å². The first-order valence-corrected chi connectivity index (χ1v) is 7.72. The monoisotopic (exact) mass is 310 g/mol. The Kier molecular flexibility index (Phi) is 4.61. The number of rotatable bonds is 4. The highest BCUT2D eigenvalue weighted by Gasteiger charge is 2.23. The fourth-order valence-corrected chi connectivity index (χ4v) is 2.82. The van der Waals surface area contributed by atoms with Gasteiger partial charge in [-0.05, 0) is 43.5 Å². The Labute approximate surface area is 134 Å². The molecule has 0 saturated heterocycles. The second-order valence-electron chi connectivity index (χ2n) is 5.57. The third-order valence-corrected chi connectivity index (χ3v) is 4.03. The summed E-state index contributed by atoms with van der Waals surface area (Å²) >= 11 is 0. The number of nitro groups is 1. The number of hydrogen-bond acceptors (Lipinski definition) is 5. The van der Waals surface area contributed by atoms with Gasteiger partial charge < -0.3 is 0 Å². The highest BCUT2D eigenvalue weighted by atomic mass is 16.6. The zero-order valence-electron chi connectivity index (χ0n) is 12.7. The number of hydrogen-bond donors (Lipinski definition) is 1. The van der Waals surface area contributed by atoms with Gasteiger partial charge in [-0.3, -0.25) is 20.5 Å². The number of nitrogens with zero attached hydrogens (tertiary/aromatic N) is 3. The van der Waals surface area contributed by atoms with Crippen LogP contribution >= 0.6 is 0 Å². The van der Waals surface area contributed by atoms with E-state index in [4.69, 9.17) is 0 Å². The van der Waals surface area contributed by atoms with Crippen LogP contribution in [-0.4, -0.2) is 15.6 Å². The largest absolute Gasteiger partial charge is 0.279 e. The van der Waals surface area contributed by atoms with Crippen LogP contribution in [0.25, 0.3) is 0 Å². The molecule has 2 aromatic rings. The summed E-state index contributed by atoms with van der Waals surface area (Å²) in [4.78, 5) is 14.7. The average Bonchev–Trinajstić information content (AvgIpc) is 2.61. The number of non-ortho nitro benzene ring substituents is 1. The van der Waals surface area contributed by atoms with E-state index in [1.165, 1.54) is 18.6 Å². The molecule has 0 unspecified atom stereocenters. The first-order chi connectivity index (χ1) is 11.2. The first kappa shape index (κ1) is 15.1. The Morgan fingerprint density at radius 1 is 1.17 bits per heavy atom. The maximum Gasteiger partial charge on any atom is 0.269 e.